The molecule has 2 aromatic heterocycles. The lowest BCUT2D eigenvalue weighted by atomic mass is 10.1. The van der Waals surface area contributed by atoms with Crippen LogP contribution in [0.5, 0.6) is 5.75 Å². The zero-order valence-electron chi connectivity index (χ0n) is 21.4. The summed E-state index contributed by atoms with van der Waals surface area (Å²) < 4.78 is 58.0. The first-order chi connectivity index (χ1) is 19.2. The minimum absolute atomic E-state index is 0.0215. The molecule has 12 heteroatoms. The highest BCUT2D eigenvalue weighted by Gasteiger charge is 2.15. The second-order valence-corrected chi connectivity index (χ2v) is 12.3. The fourth-order valence-corrected chi connectivity index (χ4v) is 5.19. The van der Waals surface area contributed by atoms with E-state index in [0.717, 1.165) is 5.56 Å². The minimum atomic E-state index is -3.06. The second kappa shape index (κ2) is 12.0. The van der Waals surface area contributed by atoms with Gasteiger partial charge in [0.25, 0.3) is 0 Å². The van der Waals surface area contributed by atoms with E-state index in [4.69, 9.17) is 4.74 Å². The van der Waals surface area contributed by atoms with Crippen molar-refractivity contribution in [1.29, 1.82) is 0 Å². The third kappa shape index (κ3) is 6.95. The molecule has 0 amide bonds. The molecule has 0 fully saturated rings. The van der Waals surface area contributed by atoms with Gasteiger partial charge in [-0.1, -0.05) is 30.3 Å². The van der Waals surface area contributed by atoms with Crippen LogP contribution in [0.3, 0.4) is 0 Å². The van der Waals surface area contributed by atoms with E-state index in [1.54, 1.807) is 17.5 Å². The lowest BCUT2D eigenvalue weighted by Gasteiger charge is -2.12. The van der Waals surface area contributed by atoms with Crippen LogP contribution in [-0.4, -0.2) is 41.9 Å². The molecule has 0 saturated carbocycles. The van der Waals surface area contributed by atoms with Crippen molar-refractivity contribution in [1.82, 2.24) is 20.3 Å². The summed E-state index contributed by atoms with van der Waals surface area (Å²) in [5, 5.41) is 9.08. The number of aromatic nitrogens is 3. The molecule has 0 spiro atoms. The molecule has 0 atom stereocenters. The Morgan fingerprint density at radius 1 is 1.00 bits per heavy atom. The van der Waals surface area contributed by atoms with Crippen LogP contribution in [0.1, 0.15) is 10.6 Å². The van der Waals surface area contributed by atoms with Gasteiger partial charge in [0.2, 0.25) is 0 Å². The first kappa shape index (κ1) is 27.6. The molecule has 2 N–H and O–H groups in total. The monoisotopic (exact) mass is 581 g/mol. The number of thiazole rings is 1. The molecule has 5 rings (SSSR count). The highest BCUT2D eigenvalue weighted by atomic mass is 32.2. The number of sulfone groups is 1. The van der Waals surface area contributed by atoms with E-state index in [0.29, 0.717) is 46.2 Å². The predicted molar refractivity (Wildman–Crippen MR) is 152 cm³/mol. The van der Waals surface area contributed by atoms with Gasteiger partial charge in [0, 0.05) is 53.5 Å². The van der Waals surface area contributed by atoms with Gasteiger partial charge >= 0.3 is 0 Å². The maximum atomic E-state index is 15.0. The van der Waals surface area contributed by atoms with E-state index in [1.807, 2.05) is 30.3 Å². The molecule has 0 unspecified atom stereocenters. The average Bonchev–Trinajstić information content (AvgIpc) is 3.39. The third-order valence-corrected chi connectivity index (χ3v) is 7.70. The first-order valence-electron chi connectivity index (χ1n) is 12.3. The summed E-state index contributed by atoms with van der Waals surface area (Å²) >= 11 is 1.34. The van der Waals surface area contributed by atoms with Crippen LogP contribution in [0.4, 0.5) is 20.3 Å². The van der Waals surface area contributed by atoms with Crippen LogP contribution in [0, 0.1) is 11.6 Å². The number of anilines is 2. The van der Waals surface area contributed by atoms with Crippen molar-refractivity contribution in [2.24, 2.45) is 0 Å². The van der Waals surface area contributed by atoms with Crippen molar-refractivity contribution in [3.05, 3.63) is 94.6 Å². The van der Waals surface area contributed by atoms with Crippen molar-refractivity contribution < 1.29 is 21.9 Å². The Bertz CT molecular complexity index is 1750. The van der Waals surface area contributed by atoms with Crippen LogP contribution in [0.2, 0.25) is 0 Å². The molecule has 0 radical (unpaired) electrons. The Kier molecular flexibility index (Phi) is 8.29. The molecule has 206 valence electrons. The molecule has 40 heavy (non-hydrogen) atoms. The largest absolute Gasteiger partial charge is 0.486 e. The normalized spacial score (nSPS) is 11.6. The number of fused-ring (bicyclic) bond motifs is 1. The molecular weight excluding hydrogens is 556 g/mol. The van der Waals surface area contributed by atoms with Crippen LogP contribution in [0.15, 0.2) is 72.4 Å². The Morgan fingerprint density at radius 2 is 1.82 bits per heavy atom. The highest BCUT2D eigenvalue weighted by Crippen LogP contribution is 2.32. The van der Waals surface area contributed by atoms with Gasteiger partial charge in [0.05, 0.1) is 17.0 Å². The minimum Gasteiger partial charge on any atom is -0.486 e. The average molecular weight is 582 g/mol. The number of benzene rings is 3. The molecule has 0 aliphatic rings. The molecule has 8 nitrogen and oxygen atoms in total. The smallest absolute Gasteiger partial charge is 0.167 e. The maximum Gasteiger partial charge on any atom is 0.167 e. The predicted octanol–water partition coefficient (Wildman–Crippen LogP) is 5.49. The van der Waals surface area contributed by atoms with Gasteiger partial charge in [-0.15, -0.1) is 11.3 Å². The van der Waals surface area contributed by atoms with Gasteiger partial charge in [-0.2, -0.15) is 0 Å². The van der Waals surface area contributed by atoms with Crippen molar-refractivity contribution in [2.45, 2.75) is 13.2 Å². The summed E-state index contributed by atoms with van der Waals surface area (Å²) in [6.07, 6.45) is 2.49. The summed E-state index contributed by atoms with van der Waals surface area (Å²) in [6, 6.07) is 16.9. The fraction of sp³-hybridized carbons (Fsp3) is 0.179. The van der Waals surface area contributed by atoms with E-state index >= 15 is 4.39 Å². The van der Waals surface area contributed by atoms with E-state index < -0.39 is 21.5 Å². The molecule has 2 heterocycles. The summed E-state index contributed by atoms with van der Waals surface area (Å²) in [7, 11) is -3.06. The van der Waals surface area contributed by atoms with Gasteiger partial charge in [0.1, 0.15) is 39.4 Å². The maximum absolute atomic E-state index is 15.0. The van der Waals surface area contributed by atoms with E-state index in [9.17, 15) is 12.8 Å². The number of nitrogens with one attached hydrogen (secondary N) is 2. The number of rotatable bonds is 11. The Hall–Kier alpha value is -4.00. The molecule has 0 aliphatic heterocycles. The van der Waals surface area contributed by atoms with E-state index in [2.05, 4.69) is 25.6 Å². The highest BCUT2D eigenvalue weighted by molar-refractivity contribution is 7.90. The molecule has 5 aromatic rings. The molecular formula is C28H25F2N5O3S2. The van der Waals surface area contributed by atoms with Crippen LogP contribution < -0.4 is 15.4 Å². The molecule has 3 aromatic carbocycles. The summed E-state index contributed by atoms with van der Waals surface area (Å²) in [5.74, 6) is -0.512. The Balaban J connectivity index is 1.33. The summed E-state index contributed by atoms with van der Waals surface area (Å²) in [6.45, 7) is 0.900. The number of hydrogen-bond donors (Lipinski definition) is 2. The van der Waals surface area contributed by atoms with Gasteiger partial charge in [0.15, 0.2) is 11.6 Å². The summed E-state index contributed by atoms with van der Waals surface area (Å²) in [5.41, 5.74) is 2.44. The van der Waals surface area contributed by atoms with Gasteiger partial charge in [-0.25, -0.2) is 32.2 Å². The van der Waals surface area contributed by atoms with Crippen LogP contribution >= 0.6 is 11.3 Å². The summed E-state index contributed by atoms with van der Waals surface area (Å²) in [4.78, 5) is 13.0. The molecule has 0 aliphatic carbocycles. The van der Waals surface area contributed by atoms with Crippen molar-refractivity contribution in [2.75, 3.05) is 23.9 Å². The zero-order chi connectivity index (χ0) is 28.1. The SMILES string of the molecule is CS(=O)(=O)CCNCc1nc(-c2cc3c(Nc4ccc(OCc5ccccc5)c(F)c4)ncnc3cc2F)cs1. The standard InChI is InChI=1S/C28H25F2N5O3S2/c1-40(36,37)10-9-31-14-27-35-25(16-39-27)20-12-21-24(13-22(20)29)32-17-33-28(21)34-19-7-8-26(23(30)11-19)38-15-18-5-3-2-4-6-18/h2-8,11-13,16-17,31H,9-10,14-15H2,1H3,(H,32,33,34). The van der Waals surface area contributed by atoms with Crippen LogP contribution in [0.25, 0.3) is 22.2 Å². The van der Waals surface area contributed by atoms with Crippen molar-refractivity contribution in [3.63, 3.8) is 0 Å². The topological polar surface area (TPSA) is 106 Å². The van der Waals surface area contributed by atoms with Crippen LogP contribution in [-0.2, 0) is 23.0 Å². The van der Waals surface area contributed by atoms with Gasteiger partial charge < -0.3 is 15.4 Å². The zero-order valence-corrected chi connectivity index (χ0v) is 23.0. The number of hydrogen-bond acceptors (Lipinski definition) is 9. The molecule has 0 bridgehead atoms. The Morgan fingerprint density at radius 3 is 2.60 bits per heavy atom. The number of ether oxygens (including phenoxy) is 1. The lowest BCUT2D eigenvalue weighted by molar-refractivity contribution is 0.290. The van der Waals surface area contributed by atoms with Gasteiger partial charge in [-0.05, 0) is 23.8 Å². The number of halogens is 2. The molecule has 0 saturated heterocycles. The fourth-order valence-electron chi connectivity index (χ4n) is 3.91. The van der Waals surface area contributed by atoms with Crippen molar-refractivity contribution >= 4 is 43.6 Å². The lowest BCUT2D eigenvalue weighted by Crippen LogP contribution is -2.21. The Labute approximate surface area is 234 Å². The van der Waals surface area contributed by atoms with E-state index in [-0.39, 0.29) is 23.7 Å². The van der Waals surface area contributed by atoms with E-state index in [1.165, 1.54) is 42.1 Å². The second-order valence-electron chi connectivity index (χ2n) is 9.05. The third-order valence-electron chi connectivity index (χ3n) is 5.91. The number of nitrogens with zero attached hydrogens (tertiary/aromatic N) is 3. The van der Waals surface area contributed by atoms with Gasteiger partial charge in [-0.3, -0.25) is 0 Å². The van der Waals surface area contributed by atoms with Crippen molar-refractivity contribution in [3.8, 4) is 17.0 Å². The first-order valence-corrected chi connectivity index (χ1v) is 15.2. The quantitative estimate of drug-likeness (QED) is 0.197.